The highest BCUT2D eigenvalue weighted by Gasteiger charge is 2.56. The Balaban J connectivity index is 0.792. The van der Waals surface area contributed by atoms with Crippen molar-refractivity contribution in [2.45, 2.75) is 195 Å². The van der Waals surface area contributed by atoms with E-state index in [1.54, 1.807) is 6.07 Å². The summed E-state index contributed by atoms with van der Waals surface area (Å²) in [5.41, 5.74) is 2.24. The first-order valence-electron chi connectivity index (χ1n) is 39.4. The van der Waals surface area contributed by atoms with Gasteiger partial charge in [0.25, 0.3) is 11.8 Å². The van der Waals surface area contributed by atoms with E-state index in [0.717, 1.165) is 86.1 Å². The van der Waals surface area contributed by atoms with Crippen molar-refractivity contribution in [3.05, 3.63) is 168 Å². The van der Waals surface area contributed by atoms with Crippen molar-refractivity contribution in [2.75, 3.05) is 43.8 Å². The Bertz CT molecular complexity index is 5290. The number of benzene rings is 5. The number of hydrogen-bond donors (Lipinski definition) is 3. The van der Waals surface area contributed by atoms with Crippen molar-refractivity contribution in [2.24, 2.45) is 0 Å². The lowest BCUT2D eigenvalue weighted by Crippen LogP contribution is -2.63. The first-order valence-corrected chi connectivity index (χ1v) is 42.2. The fraction of sp³-hybridized carbons (Fsp3) is 0.412. The average Bonchev–Trinajstić information content (AvgIpc) is 1.61. The molecule has 678 valence electrons. The minimum Gasteiger partial charge on any atom is -0.493 e. The second kappa shape index (κ2) is 41.6. The van der Waals surface area contributed by atoms with Crippen molar-refractivity contribution >= 4 is 117 Å². The summed E-state index contributed by atoms with van der Waals surface area (Å²) in [7, 11) is 2.61. The Hall–Kier alpha value is -12.7. The number of ether oxygens (including phenoxy) is 18. The molecule has 0 saturated carbocycles. The van der Waals surface area contributed by atoms with Gasteiger partial charge in [0.05, 0.1) is 49.3 Å². The minimum absolute atomic E-state index is 0.0199. The summed E-state index contributed by atoms with van der Waals surface area (Å²) in [6, 6.07) is 24.0. The molecule has 3 N–H and O–H groups in total. The minimum atomic E-state index is -2.90. The summed E-state index contributed by atoms with van der Waals surface area (Å²) in [6.07, 6.45) is -19.9. The molecule has 0 spiro atoms. The number of nitrogens with zero attached hydrogens (tertiary/aromatic N) is 4. The fourth-order valence-electron chi connectivity index (χ4n) is 14.9. The molecule has 7 heterocycles. The summed E-state index contributed by atoms with van der Waals surface area (Å²) in [5, 5.41) is 28.6. The predicted octanol–water partition coefficient (Wildman–Crippen LogP) is 8.15. The predicted molar refractivity (Wildman–Crippen MR) is 438 cm³/mol. The number of hydrogen-bond acceptors (Lipinski definition) is 36. The van der Waals surface area contributed by atoms with E-state index < -0.39 is 209 Å². The van der Waals surface area contributed by atoms with Gasteiger partial charge in [0.2, 0.25) is 24.8 Å². The number of aliphatic hydroxyl groups excluding tert-OH is 2. The van der Waals surface area contributed by atoms with Gasteiger partial charge in [-0.1, -0.05) is 31.2 Å². The van der Waals surface area contributed by atoms with Crippen LogP contribution in [0.15, 0.2) is 114 Å². The van der Waals surface area contributed by atoms with E-state index in [9.17, 15) is 71.7 Å². The van der Waals surface area contributed by atoms with E-state index in [4.69, 9.17) is 89.4 Å². The number of rotatable bonds is 31. The molecule has 0 bridgehead atoms. The van der Waals surface area contributed by atoms with Gasteiger partial charge in [-0.15, -0.1) is 22.7 Å². The van der Waals surface area contributed by atoms with Gasteiger partial charge >= 0.3 is 71.3 Å². The van der Waals surface area contributed by atoms with Gasteiger partial charge in [0.15, 0.2) is 59.9 Å². The Morgan fingerprint density at radius 3 is 1.39 bits per heavy atom. The smallest absolute Gasteiger partial charge is 0.416 e. The van der Waals surface area contributed by atoms with Gasteiger partial charge in [-0.05, 0) is 117 Å². The highest BCUT2D eigenvalue weighted by atomic mass is 32.2. The van der Waals surface area contributed by atoms with Gasteiger partial charge in [-0.3, -0.25) is 52.5 Å². The lowest BCUT2D eigenvalue weighted by atomic mass is 9.98. The van der Waals surface area contributed by atoms with Crippen LogP contribution in [0.1, 0.15) is 126 Å². The molecule has 2 saturated heterocycles. The molecule has 5 aliphatic heterocycles. The molecule has 14 atom stereocenters. The third kappa shape index (κ3) is 22.9. The van der Waals surface area contributed by atoms with E-state index in [-0.39, 0.29) is 93.4 Å². The number of esters is 8. The first-order chi connectivity index (χ1) is 60.6. The van der Waals surface area contributed by atoms with Crippen molar-refractivity contribution in [3.8, 4) is 40.2 Å². The number of methoxy groups -OCH3 is 2. The van der Waals surface area contributed by atoms with Crippen LogP contribution in [-0.4, -0.2) is 214 Å². The molecule has 3 unspecified atom stereocenters. The monoisotopic (exact) mass is 1820 g/mol. The lowest BCUT2D eigenvalue weighted by Gasteiger charge is -2.43. The van der Waals surface area contributed by atoms with Gasteiger partial charge in [0, 0.05) is 96.8 Å². The highest BCUT2D eigenvalue weighted by molar-refractivity contribution is 7.74. The van der Waals surface area contributed by atoms with Gasteiger partial charge in [-0.25, -0.2) is 19.4 Å². The van der Waals surface area contributed by atoms with Crippen LogP contribution in [0.5, 0.6) is 40.2 Å². The number of carbonyl (C=O) groups excluding carboxylic acids is 12. The Kier molecular flexibility index (Phi) is 30.6. The Morgan fingerprint density at radius 2 is 0.937 bits per heavy atom. The van der Waals surface area contributed by atoms with Gasteiger partial charge in [-0.2, -0.15) is 4.21 Å². The second-order valence-corrected chi connectivity index (χ2v) is 31.9. The molecule has 5 aromatic carbocycles. The first kappa shape index (κ1) is 93.4. The molecule has 5 aliphatic rings. The number of anilines is 2. The zero-order valence-electron chi connectivity index (χ0n) is 70.2. The maximum atomic E-state index is 15.0. The van der Waals surface area contributed by atoms with Crippen LogP contribution in [0, 0.1) is 0 Å². The molecule has 2 aromatic heterocycles. The standard InChI is InChI=1S/C85H90N4O35S3/c1-12-70-54(21-23-125-70)33-86-35-72(98)88(84(102)112-36-50-13-17-56(18-14-50)120-82-77(118-48(8)96)75(116-46(6)94)73(114-44(4)92)68(122-82)40-108-42(2)90)61-30-66(64(106-10)28-59(61)79(86)99)110-38-52-25-53(27-58(26-52)124-127(104)105)39-111-67-31-62-60(29-65(67)107-11)80(100)87-34-55-22-24-126-71(55)32-63(87)81(101)89(62)85(103)113-37-51-15-19-57(20-16-51)121-83-78(119-49(9)97)76(117-47(7)95)74(115-45(5)93)69(123-83)41-109-43(3)91/h13-31,63,68-69,72-78,81-83,98,101H,12,32-41H2,1-11H3,(H,104,105)/t63-,68+,69+,72?,73-,74-,75-,76-,77+,78+,81?,82+,83+/m0/s1. The molecule has 0 radical (unpaired) electrons. The van der Waals surface area contributed by atoms with E-state index in [0.29, 0.717) is 17.5 Å². The van der Waals surface area contributed by atoms with Crippen molar-refractivity contribution in [1.82, 2.24) is 9.80 Å². The van der Waals surface area contributed by atoms with Crippen LogP contribution in [0.25, 0.3) is 0 Å². The zero-order chi connectivity index (χ0) is 91.4. The van der Waals surface area contributed by atoms with E-state index in [1.165, 1.54) is 132 Å². The number of β-amino-alcohol motifs (C(OH)–C–C–N with tert-alkyl or cyclic N) is 1. The third-order valence-corrected chi connectivity index (χ3v) is 22.7. The number of aryl methyl sites for hydroxylation is 1. The molecular formula is C85H90N4O35S3. The second-order valence-electron chi connectivity index (χ2n) is 29.3. The number of amides is 4. The quantitative estimate of drug-likeness (QED) is 0.0209. The summed E-state index contributed by atoms with van der Waals surface area (Å²) < 4.78 is 132. The summed E-state index contributed by atoms with van der Waals surface area (Å²) >= 11 is -0.0125. The van der Waals surface area contributed by atoms with Crippen LogP contribution in [0.4, 0.5) is 21.0 Å². The summed E-state index contributed by atoms with van der Waals surface area (Å²) in [6.45, 7) is 7.54. The van der Waals surface area contributed by atoms with Crippen LogP contribution in [0.3, 0.4) is 0 Å². The van der Waals surface area contributed by atoms with Crippen molar-refractivity contribution in [1.29, 1.82) is 0 Å². The zero-order valence-corrected chi connectivity index (χ0v) is 72.6. The van der Waals surface area contributed by atoms with E-state index in [2.05, 4.69) is 0 Å². The fourth-order valence-corrected chi connectivity index (χ4v) is 16.9. The number of fused-ring (bicyclic) bond motifs is 4. The Morgan fingerprint density at radius 1 is 0.488 bits per heavy atom. The molecule has 2 fully saturated rings. The van der Waals surface area contributed by atoms with Crippen LogP contribution < -0.4 is 42.4 Å². The maximum absolute atomic E-state index is 15.0. The number of thiophene rings is 2. The molecule has 42 heteroatoms. The number of carbonyl (C=O) groups is 12. The average molecular weight is 1820 g/mol. The van der Waals surface area contributed by atoms with Gasteiger partial charge < -0.3 is 109 Å². The van der Waals surface area contributed by atoms with Crippen molar-refractivity contribution in [3.63, 3.8) is 0 Å². The highest BCUT2D eigenvalue weighted by Crippen LogP contribution is 2.45. The molecule has 12 rings (SSSR count). The summed E-state index contributed by atoms with van der Waals surface area (Å²) in [4.78, 5) is 165. The normalized spacial score (nSPS) is 21.9. The third-order valence-electron chi connectivity index (χ3n) is 20.2. The molecule has 127 heavy (non-hydrogen) atoms. The van der Waals surface area contributed by atoms with Gasteiger partial charge in [0.1, 0.15) is 69.1 Å². The van der Waals surface area contributed by atoms with E-state index in [1.807, 2.05) is 29.8 Å². The van der Waals surface area contributed by atoms with Crippen LogP contribution in [-0.2, 0) is 159 Å². The molecule has 7 aromatic rings. The van der Waals surface area contributed by atoms with Crippen molar-refractivity contribution < 1.29 is 166 Å². The molecule has 0 aliphatic carbocycles. The largest absolute Gasteiger partial charge is 0.493 e. The lowest BCUT2D eigenvalue weighted by molar-refractivity contribution is -0.288. The molecule has 4 amide bonds. The number of aliphatic hydroxyl groups is 2. The van der Waals surface area contributed by atoms with Crippen LogP contribution >= 0.6 is 22.7 Å². The Labute approximate surface area is 735 Å². The van der Waals surface area contributed by atoms with E-state index >= 15 is 4.79 Å². The topological polar surface area (TPSA) is 471 Å². The maximum Gasteiger partial charge on any atom is 0.416 e. The van der Waals surface area contributed by atoms with Crippen LogP contribution in [0.2, 0.25) is 0 Å². The summed E-state index contributed by atoms with van der Waals surface area (Å²) in [5.74, 6) is -8.06. The SMILES string of the molecule is CCc1sccc1CN1CC(O)N(C(=O)OCc2ccc(O[C@@H]3O[C@H](COC(C)=O)[C@H](OC(C)=O)[C@H](OC(C)=O)[C@H]3OC(C)=O)cc2)c2cc(OCc3cc(COc4cc5c(cc4OC)C(=O)N4Cc6ccsc6C[C@H]4C(O)N5C(=O)OCc4ccc(O[C@@H]5O[C@H](COC(C)=O)[C@H](OC(C)=O)[C@H](OC(C)=O)[C@H]5OC(C)=O)cc4)cc(OS(=O)O)c3)c(OC)cc2C1=O. The molecular weight excluding hydrogens is 1730 g/mol. The molecule has 39 nitrogen and oxygen atoms in total.